The average molecular weight is 352 g/mol. The van der Waals surface area contributed by atoms with Gasteiger partial charge in [0.15, 0.2) is 0 Å². The van der Waals surface area contributed by atoms with E-state index in [4.69, 9.17) is 5.73 Å². The summed E-state index contributed by atoms with van der Waals surface area (Å²) >= 11 is 0. The van der Waals surface area contributed by atoms with E-state index in [1.807, 2.05) is 43.6 Å². The molecule has 0 bridgehead atoms. The molecule has 1 heterocycles. The molecular weight excluding hydrogens is 318 g/mol. The van der Waals surface area contributed by atoms with Crippen LogP contribution in [-0.2, 0) is 0 Å². The number of allylic oxidation sites excluding steroid dienone is 2. The Labute approximate surface area is 159 Å². The van der Waals surface area contributed by atoms with E-state index in [1.165, 1.54) is 11.1 Å². The maximum atomic E-state index is 5.46. The highest BCUT2D eigenvalue weighted by Crippen LogP contribution is 2.21. The van der Waals surface area contributed by atoms with Gasteiger partial charge in [-0.25, -0.2) is 0 Å². The predicted molar refractivity (Wildman–Crippen MR) is 116 cm³/mol. The first-order valence-electron chi connectivity index (χ1n) is 9.29. The van der Waals surface area contributed by atoms with Gasteiger partial charge >= 0.3 is 0 Å². The third-order valence-electron chi connectivity index (χ3n) is 4.08. The minimum absolute atomic E-state index is 0.493. The number of nitrogens with two attached hydrogens (primary N) is 1. The number of aryl methyl sites for hydroxylation is 1. The number of aromatic nitrogens is 1. The summed E-state index contributed by atoms with van der Waals surface area (Å²) in [5.74, 6) is 1.07. The Bertz CT molecular complexity index is 712. The highest BCUT2D eigenvalue weighted by molar-refractivity contribution is 6.09. The molecule has 0 fully saturated rings. The summed E-state index contributed by atoms with van der Waals surface area (Å²) in [6.07, 6.45) is 7.14. The Balaban J connectivity index is 0.000000350. The zero-order valence-electron chi connectivity index (χ0n) is 17.0. The fraction of sp³-hybridized carbons (Fsp3) is 0.391. The first-order valence-corrected chi connectivity index (χ1v) is 9.29. The zero-order chi connectivity index (χ0) is 19.5. The van der Waals surface area contributed by atoms with Crippen LogP contribution in [0.4, 0.5) is 5.69 Å². The van der Waals surface area contributed by atoms with Crippen molar-refractivity contribution in [2.24, 2.45) is 10.9 Å². The van der Waals surface area contributed by atoms with Gasteiger partial charge in [-0.3, -0.25) is 9.98 Å². The van der Waals surface area contributed by atoms with Crippen molar-refractivity contribution in [2.75, 3.05) is 12.8 Å². The van der Waals surface area contributed by atoms with E-state index < -0.39 is 0 Å². The summed E-state index contributed by atoms with van der Waals surface area (Å²) in [4.78, 5) is 8.60. The van der Waals surface area contributed by atoms with E-state index in [2.05, 4.69) is 55.9 Å². The molecule has 0 aliphatic carbocycles. The van der Waals surface area contributed by atoms with E-state index >= 15 is 0 Å². The second kappa shape index (κ2) is 11.2. The van der Waals surface area contributed by atoms with E-state index in [1.54, 1.807) is 7.05 Å². The minimum Gasteiger partial charge on any atom is -0.399 e. The number of hydrogen-bond acceptors (Lipinski definition) is 3. The van der Waals surface area contributed by atoms with E-state index in [0.717, 1.165) is 23.4 Å². The number of hydrogen-bond donors (Lipinski definition) is 1. The van der Waals surface area contributed by atoms with Crippen LogP contribution < -0.4 is 5.73 Å². The Morgan fingerprint density at radius 1 is 1.19 bits per heavy atom. The number of aliphatic imine (C=N–C) groups is 1. The van der Waals surface area contributed by atoms with Gasteiger partial charge in [-0.2, -0.15) is 0 Å². The second-order valence-corrected chi connectivity index (χ2v) is 6.95. The van der Waals surface area contributed by atoms with Crippen molar-refractivity contribution in [3.05, 3.63) is 65.5 Å². The van der Waals surface area contributed by atoms with Gasteiger partial charge in [0.05, 0.1) is 5.69 Å². The largest absolute Gasteiger partial charge is 0.399 e. The molecule has 0 saturated carbocycles. The molecule has 1 aromatic carbocycles. The van der Waals surface area contributed by atoms with Crippen LogP contribution in [0.3, 0.4) is 0 Å². The number of rotatable bonds is 5. The fourth-order valence-electron chi connectivity index (χ4n) is 2.51. The average Bonchev–Trinajstić information content (AvgIpc) is 2.61. The molecule has 0 saturated heterocycles. The van der Waals surface area contributed by atoms with Crippen LogP contribution in [0.5, 0.6) is 0 Å². The van der Waals surface area contributed by atoms with Gasteiger partial charge in [0, 0.05) is 30.7 Å². The van der Waals surface area contributed by atoms with Gasteiger partial charge in [-0.1, -0.05) is 45.9 Å². The number of pyridine rings is 1. The van der Waals surface area contributed by atoms with E-state index in [9.17, 15) is 0 Å². The Kier molecular flexibility index (Phi) is 9.35. The maximum absolute atomic E-state index is 5.46. The van der Waals surface area contributed by atoms with Gasteiger partial charge in [-0.15, -0.1) is 0 Å². The molecule has 26 heavy (non-hydrogen) atoms. The molecule has 0 spiro atoms. The third-order valence-corrected chi connectivity index (χ3v) is 4.08. The molecule has 0 amide bonds. The summed E-state index contributed by atoms with van der Waals surface area (Å²) in [5, 5.41) is 0. The molecule has 2 N–H and O–H groups in total. The summed E-state index contributed by atoms with van der Waals surface area (Å²) in [6.45, 7) is 10.8. The highest BCUT2D eigenvalue weighted by Gasteiger charge is 2.07. The molecule has 0 aliphatic heterocycles. The summed E-state index contributed by atoms with van der Waals surface area (Å²) in [5.41, 5.74) is 11.0. The van der Waals surface area contributed by atoms with Crippen molar-refractivity contribution in [3.8, 4) is 0 Å². The summed E-state index contributed by atoms with van der Waals surface area (Å²) in [7, 11) is 1.80. The molecule has 0 aliphatic rings. The van der Waals surface area contributed by atoms with Crippen molar-refractivity contribution >= 4 is 17.5 Å². The van der Waals surface area contributed by atoms with Gasteiger partial charge < -0.3 is 5.73 Å². The van der Waals surface area contributed by atoms with Crippen molar-refractivity contribution < 1.29 is 0 Å². The molecule has 3 nitrogen and oxygen atoms in total. The third kappa shape index (κ3) is 7.64. The lowest BCUT2D eigenvalue weighted by molar-refractivity contribution is 0.731. The van der Waals surface area contributed by atoms with Crippen molar-refractivity contribution in [2.45, 2.75) is 47.0 Å². The molecule has 140 valence electrons. The number of anilines is 1. The van der Waals surface area contributed by atoms with Gasteiger partial charge in [-0.05, 0) is 60.6 Å². The van der Waals surface area contributed by atoms with E-state index in [0.29, 0.717) is 11.8 Å². The lowest BCUT2D eigenvalue weighted by Crippen LogP contribution is -1.98. The van der Waals surface area contributed by atoms with Crippen molar-refractivity contribution in [1.82, 2.24) is 4.98 Å². The quantitative estimate of drug-likeness (QED) is 0.537. The highest BCUT2D eigenvalue weighted by atomic mass is 14.7. The fourth-order valence-corrected chi connectivity index (χ4v) is 2.51. The second-order valence-electron chi connectivity index (χ2n) is 6.95. The molecular formula is C23H33N3. The predicted octanol–water partition coefficient (Wildman–Crippen LogP) is 5.91. The molecule has 1 aromatic heterocycles. The monoisotopic (exact) mass is 351 g/mol. The van der Waals surface area contributed by atoms with Gasteiger partial charge in [0.1, 0.15) is 0 Å². The normalized spacial score (nSPS) is 12.8. The SMILES string of the molecule is CCC(C)c1ccnc(/C(C=NC)=C/C(C)C)c1.Cc1cccc(N)c1. The molecule has 0 radical (unpaired) electrons. The smallest absolute Gasteiger partial charge is 0.0716 e. The Hall–Kier alpha value is -2.42. The minimum atomic E-state index is 0.493. The summed E-state index contributed by atoms with van der Waals surface area (Å²) in [6, 6.07) is 12.1. The van der Waals surface area contributed by atoms with Crippen LogP contribution in [-0.4, -0.2) is 18.2 Å². The Morgan fingerprint density at radius 3 is 2.42 bits per heavy atom. The van der Waals surface area contributed by atoms with Gasteiger partial charge in [0.2, 0.25) is 0 Å². The zero-order valence-corrected chi connectivity index (χ0v) is 17.0. The summed E-state index contributed by atoms with van der Waals surface area (Å²) < 4.78 is 0. The van der Waals surface area contributed by atoms with Crippen LogP contribution in [0, 0.1) is 12.8 Å². The number of benzene rings is 1. The molecule has 2 rings (SSSR count). The molecule has 1 atom stereocenters. The number of nitrogens with zero attached hydrogens (tertiary/aromatic N) is 2. The van der Waals surface area contributed by atoms with Crippen LogP contribution in [0.25, 0.3) is 5.57 Å². The van der Waals surface area contributed by atoms with Crippen molar-refractivity contribution in [1.29, 1.82) is 0 Å². The van der Waals surface area contributed by atoms with Crippen LogP contribution in [0.15, 0.2) is 53.7 Å². The van der Waals surface area contributed by atoms with Crippen LogP contribution in [0.2, 0.25) is 0 Å². The lowest BCUT2D eigenvalue weighted by Gasteiger charge is -2.11. The molecule has 2 aromatic rings. The topological polar surface area (TPSA) is 51.3 Å². The first-order chi connectivity index (χ1) is 12.4. The first kappa shape index (κ1) is 21.6. The van der Waals surface area contributed by atoms with Crippen molar-refractivity contribution in [3.63, 3.8) is 0 Å². The Morgan fingerprint density at radius 2 is 1.92 bits per heavy atom. The number of nitrogen functional groups attached to an aromatic ring is 1. The van der Waals surface area contributed by atoms with E-state index in [-0.39, 0.29) is 0 Å². The molecule has 1 unspecified atom stereocenters. The van der Waals surface area contributed by atoms with Crippen LogP contribution in [0.1, 0.15) is 56.9 Å². The molecule has 3 heteroatoms. The lowest BCUT2D eigenvalue weighted by atomic mass is 9.97. The van der Waals surface area contributed by atoms with Crippen LogP contribution >= 0.6 is 0 Å². The van der Waals surface area contributed by atoms with Gasteiger partial charge in [0.25, 0.3) is 0 Å². The standard InChI is InChI=1S/C16H24N2.C7H9N/c1-6-13(4)14-7-8-18-16(10-14)15(11-17-5)9-12(2)3;1-6-3-2-4-7(8)5-6/h7-13H,6H2,1-5H3;2-5H,8H2,1H3/b15-9+,17-11?;. The maximum Gasteiger partial charge on any atom is 0.0716 e.